The fourth-order valence-corrected chi connectivity index (χ4v) is 3.61. The summed E-state index contributed by atoms with van der Waals surface area (Å²) in [7, 11) is 1.80. The second-order valence-electron chi connectivity index (χ2n) is 6.02. The Balaban J connectivity index is 2.14. The van der Waals surface area contributed by atoms with Crippen molar-refractivity contribution in [1.29, 1.82) is 0 Å². The zero-order valence-electron chi connectivity index (χ0n) is 13.1. The third-order valence-electron chi connectivity index (χ3n) is 4.66. The number of nitrogens with one attached hydrogen (secondary N) is 1. The molecule has 0 spiro atoms. The Labute approximate surface area is 123 Å². The van der Waals surface area contributed by atoms with Gasteiger partial charge in [-0.05, 0) is 49.8 Å². The SMILES string of the molecule is CCNCC1(CCCCOC)CCCc2ccccc21. The second kappa shape index (κ2) is 7.80. The number of rotatable bonds is 8. The molecule has 0 aliphatic heterocycles. The van der Waals surface area contributed by atoms with E-state index in [0.717, 1.165) is 19.7 Å². The molecule has 1 unspecified atom stereocenters. The summed E-state index contributed by atoms with van der Waals surface area (Å²) in [5, 5.41) is 3.61. The molecular weight excluding hydrogens is 246 g/mol. The van der Waals surface area contributed by atoms with E-state index in [0.29, 0.717) is 5.41 Å². The summed E-state index contributed by atoms with van der Waals surface area (Å²) < 4.78 is 5.20. The van der Waals surface area contributed by atoms with Gasteiger partial charge in [0.05, 0.1) is 0 Å². The first-order valence-electron chi connectivity index (χ1n) is 8.10. The normalized spacial score (nSPS) is 21.7. The molecule has 0 saturated heterocycles. The Morgan fingerprint density at radius 2 is 2.10 bits per heavy atom. The lowest BCUT2D eigenvalue weighted by atomic mass is 9.67. The van der Waals surface area contributed by atoms with Crippen molar-refractivity contribution in [2.24, 2.45) is 0 Å². The molecule has 2 rings (SSSR count). The fourth-order valence-electron chi connectivity index (χ4n) is 3.61. The maximum Gasteiger partial charge on any atom is 0.0462 e. The molecule has 112 valence electrons. The number of likely N-dealkylation sites (N-methyl/N-ethyl adjacent to an activating group) is 1. The summed E-state index contributed by atoms with van der Waals surface area (Å²) in [4.78, 5) is 0. The van der Waals surface area contributed by atoms with E-state index >= 15 is 0 Å². The topological polar surface area (TPSA) is 21.3 Å². The van der Waals surface area contributed by atoms with Gasteiger partial charge in [0.2, 0.25) is 0 Å². The highest BCUT2D eigenvalue weighted by Crippen LogP contribution is 2.40. The van der Waals surface area contributed by atoms with Gasteiger partial charge in [-0.15, -0.1) is 0 Å². The van der Waals surface area contributed by atoms with E-state index in [-0.39, 0.29) is 0 Å². The van der Waals surface area contributed by atoms with Gasteiger partial charge in [-0.2, -0.15) is 0 Å². The van der Waals surface area contributed by atoms with Crippen molar-refractivity contribution in [1.82, 2.24) is 5.32 Å². The van der Waals surface area contributed by atoms with E-state index in [1.807, 2.05) is 0 Å². The quantitative estimate of drug-likeness (QED) is 0.731. The fraction of sp³-hybridized carbons (Fsp3) is 0.667. The van der Waals surface area contributed by atoms with Crippen molar-refractivity contribution >= 4 is 0 Å². The van der Waals surface area contributed by atoms with Crippen molar-refractivity contribution in [2.45, 2.75) is 50.9 Å². The molecule has 1 aliphatic carbocycles. The van der Waals surface area contributed by atoms with Crippen LogP contribution in [0.4, 0.5) is 0 Å². The molecule has 0 amide bonds. The first-order valence-corrected chi connectivity index (χ1v) is 8.10. The number of hydrogen-bond acceptors (Lipinski definition) is 2. The van der Waals surface area contributed by atoms with Crippen molar-refractivity contribution in [3.8, 4) is 0 Å². The van der Waals surface area contributed by atoms with Crippen LogP contribution >= 0.6 is 0 Å². The molecule has 0 bridgehead atoms. The van der Waals surface area contributed by atoms with Crippen molar-refractivity contribution in [3.63, 3.8) is 0 Å². The molecule has 2 heteroatoms. The average molecular weight is 275 g/mol. The number of ether oxygens (including phenoxy) is 1. The van der Waals surface area contributed by atoms with Gasteiger partial charge < -0.3 is 10.1 Å². The predicted molar refractivity (Wildman–Crippen MR) is 85.3 cm³/mol. The van der Waals surface area contributed by atoms with Crippen LogP contribution in [0.3, 0.4) is 0 Å². The second-order valence-corrected chi connectivity index (χ2v) is 6.02. The number of fused-ring (bicyclic) bond motifs is 1. The molecule has 1 aromatic rings. The molecular formula is C18H29NO. The third kappa shape index (κ3) is 3.62. The lowest BCUT2D eigenvalue weighted by Crippen LogP contribution is -2.41. The largest absolute Gasteiger partial charge is 0.385 e. The van der Waals surface area contributed by atoms with Gasteiger partial charge in [0.1, 0.15) is 0 Å². The molecule has 2 nitrogen and oxygen atoms in total. The van der Waals surface area contributed by atoms with Gasteiger partial charge in [-0.1, -0.05) is 37.6 Å². The molecule has 0 aromatic heterocycles. The van der Waals surface area contributed by atoms with Crippen LogP contribution in [0, 0.1) is 0 Å². The lowest BCUT2D eigenvalue weighted by molar-refractivity contribution is 0.186. The average Bonchev–Trinajstić information content (AvgIpc) is 2.50. The Bertz CT molecular complexity index is 404. The number of aryl methyl sites for hydroxylation is 1. The Hall–Kier alpha value is -0.860. The predicted octanol–water partition coefficient (Wildman–Crippen LogP) is 3.69. The van der Waals surface area contributed by atoms with E-state index < -0.39 is 0 Å². The molecule has 0 saturated carbocycles. The zero-order valence-corrected chi connectivity index (χ0v) is 13.1. The highest BCUT2D eigenvalue weighted by molar-refractivity contribution is 5.37. The van der Waals surface area contributed by atoms with Crippen LogP contribution in [-0.4, -0.2) is 26.8 Å². The van der Waals surface area contributed by atoms with Crippen LogP contribution in [0.25, 0.3) is 0 Å². The van der Waals surface area contributed by atoms with Gasteiger partial charge in [0, 0.05) is 25.7 Å². The smallest absolute Gasteiger partial charge is 0.0462 e. The summed E-state index contributed by atoms with van der Waals surface area (Å²) in [5.74, 6) is 0. The van der Waals surface area contributed by atoms with Crippen LogP contribution in [0.2, 0.25) is 0 Å². The maximum absolute atomic E-state index is 5.20. The number of benzene rings is 1. The first kappa shape index (κ1) is 15.5. The Morgan fingerprint density at radius 1 is 1.25 bits per heavy atom. The van der Waals surface area contributed by atoms with Gasteiger partial charge in [-0.25, -0.2) is 0 Å². The molecule has 20 heavy (non-hydrogen) atoms. The minimum Gasteiger partial charge on any atom is -0.385 e. The molecule has 1 aromatic carbocycles. The first-order chi connectivity index (χ1) is 9.82. The van der Waals surface area contributed by atoms with Gasteiger partial charge >= 0.3 is 0 Å². The summed E-state index contributed by atoms with van der Waals surface area (Å²) in [5.41, 5.74) is 3.52. The van der Waals surface area contributed by atoms with Crippen LogP contribution in [-0.2, 0) is 16.6 Å². The number of hydrogen-bond donors (Lipinski definition) is 1. The van der Waals surface area contributed by atoms with Crippen LogP contribution in [0.15, 0.2) is 24.3 Å². The van der Waals surface area contributed by atoms with Gasteiger partial charge in [0.15, 0.2) is 0 Å². The highest BCUT2D eigenvalue weighted by atomic mass is 16.5. The van der Waals surface area contributed by atoms with Gasteiger partial charge in [0.25, 0.3) is 0 Å². The van der Waals surface area contributed by atoms with E-state index in [1.54, 1.807) is 18.2 Å². The monoisotopic (exact) mass is 275 g/mol. The van der Waals surface area contributed by atoms with E-state index in [1.165, 1.54) is 38.5 Å². The maximum atomic E-state index is 5.20. The van der Waals surface area contributed by atoms with Crippen LogP contribution < -0.4 is 5.32 Å². The summed E-state index contributed by atoms with van der Waals surface area (Å²) in [6, 6.07) is 9.08. The van der Waals surface area contributed by atoms with Crippen LogP contribution in [0.1, 0.15) is 50.2 Å². The third-order valence-corrected chi connectivity index (χ3v) is 4.66. The van der Waals surface area contributed by atoms with Crippen LogP contribution in [0.5, 0.6) is 0 Å². The summed E-state index contributed by atoms with van der Waals surface area (Å²) in [6.45, 7) is 5.27. The minimum atomic E-state index is 0.346. The molecule has 1 N–H and O–H groups in total. The summed E-state index contributed by atoms with van der Waals surface area (Å²) >= 11 is 0. The molecule has 1 atom stereocenters. The number of unbranched alkanes of at least 4 members (excludes halogenated alkanes) is 1. The van der Waals surface area contributed by atoms with Crippen molar-refractivity contribution in [2.75, 3.05) is 26.8 Å². The van der Waals surface area contributed by atoms with Gasteiger partial charge in [-0.3, -0.25) is 0 Å². The standard InChI is InChI=1S/C18H29NO/c1-3-19-15-18(12-6-7-14-20-2)13-8-10-16-9-4-5-11-17(16)18/h4-5,9,11,19H,3,6-8,10,12-15H2,1-2H3. The van der Waals surface area contributed by atoms with E-state index in [2.05, 4.69) is 36.5 Å². The van der Waals surface area contributed by atoms with Crippen molar-refractivity contribution < 1.29 is 4.74 Å². The van der Waals surface area contributed by atoms with Crippen molar-refractivity contribution in [3.05, 3.63) is 35.4 Å². The molecule has 0 heterocycles. The Kier molecular flexibility index (Phi) is 6.06. The van der Waals surface area contributed by atoms with E-state index in [9.17, 15) is 0 Å². The minimum absolute atomic E-state index is 0.346. The molecule has 1 aliphatic rings. The highest BCUT2D eigenvalue weighted by Gasteiger charge is 2.35. The summed E-state index contributed by atoms with van der Waals surface area (Å²) in [6.07, 6.45) is 7.61. The zero-order chi connectivity index (χ0) is 14.3. The molecule has 0 radical (unpaired) electrons. The lowest BCUT2D eigenvalue weighted by Gasteiger charge is -2.40. The van der Waals surface area contributed by atoms with E-state index in [4.69, 9.17) is 4.74 Å². The Morgan fingerprint density at radius 3 is 2.90 bits per heavy atom. The molecule has 0 fully saturated rings. The number of methoxy groups -OCH3 is 1.